The van der Waals surface area contributed by atoms with E-state index in [0.29, 0.717) is 13.1 Å². The molecule has 0 aromatic carbocycles. The van der Waals surface area contributed by atoms with Gasteiger partial charge in [0.2, 0.25) is 5.91 Å². The molecule has 1 rings (SSSR count). The van der Waals surface area contributed by atoms with Crippen LogP contribution >= 0.6 is 0 Å². The van der Waals surface area contributed by atoms with Crippen LogP contribution in [0.4, 0.5) is 0 Å². The molecule has 102 valence electrons. The second-order valence-electron chi connectivity index (χ2n) is 5.16. The van der Waals surface area contributed by atoms with Crippen LogP contribution in [0.5, 0.6) is 0 Å². The quantitative estimate of drug-likeness (QED) is 0.481. The second kappa shape index (κ2) is 7.40. The van der Waals surface area contributed by atoms with Crippen molar-refractivity contribution in [3.8, 4) is 12.3 Å². The summed E-state index contributed by atoms with van der Waals surface area (Å²) < 4.78 is 0. The van der Waals surface area contributed by atoms with Crippen LogP contribution in [0.15, 0.2) is 0 Å². The van der Waals surface area contributed by atoms with Crippen molar-refractivity contribution in [1.29, 1.82) is 0 Å². The summed E-state index contributed by atoms with van der Waals surface area (Å²) in [6.07, 6.45) is 9.92. The molecule has 1 aliphatic rings. The van der Waals surface area contributed by atoms with Gasteiger partial charge in [-0.1, -0.05) is 19.3 Å². The van der Waals surface area contributed by atoms with E-state index >= 15 is 0 Å². The molecule has 18 heavy (non-hydrogen) atoms. The van der Waals surface area contributed by atoms with Crippen molar-refractivity contribution in [3.05, 3.63) is 0 Å². The van der Waals surface area contributed by atoms with E-state index in [1.165, 1.54) is 6.42 Å². The van der Waals surface area contributed by atoms with Gasteiger partial charge in [-0.05, 0) is 31.6 Å². The number of aliphatic hydroxyl groups is 1. The molecular formula is C14H24N2O2. The number of hydrogen-bond acceptors (Lipinski definition) is 3. The number of rotatable bonds is 6. The fourth-order valence-electron chi connectivity index (χ4n) is 2.37. The third-order valence-electron chi connectivity index (χ3n) is 3.74. The lowest BCUT2D eigenvalue weighted by molar-refractivity contribution is -0.122. The maximum absolute atomic E-state index is 11.5. The summed E-state index contributed by atoms with van der Waals surface area (Å²) in [6, 6.07) is 0. The molecule has 1 amide bonds. The lowest BCUT2D eigenvalue weighted by Crippen LogP contribution is -2.47. The monoisotopic (exact) mass is 252 g/mol. The van der Waals surface area contributed by atoms with E-state index in [2.05, 4.69) is 23.5 Å². The van der Waals surface area contributed by atoms with E-state index in [0.717, 1.165) is 31.6 Å². The average Bonchev–Trinajstić information content (AvgIpc) is 2.38. The molecule has 0 spiro atoms. The molecule has 0 atom stereocenters. The van der Waals surface area contributed by atoms with E-state index in [9.17, 15) is 9.90 Å². The predicted molar refractivity (Wildman–Crippen MR) is 71.9 cm³/mol. The van der Waals surface area contributed by atoms with E-state index in [1.807, 2.05) is 0 Å². The first-order valence-electron chi connectivity index (χ1n) is 6.73. The van der Waals surface area contributed by atoms with Crippen molar-refractivity contribution in [1.82, 2.24) is 10.6 Å². The Morgan fingerprint density at radius 2 is 2.17 bits per heavy atom. The molecule has 0 saturated heterocycles. The molecule has 1 saturated carbocycles. The molecule has 0 radical (unpaired) electrons. The zero-order chi connectivity index (χ0) is 13.4. The molecule has 4 heteroatoms. The minimum absolute atomic E-state index is 0.115. The maximum Gasteiger partial charge on any atom is 0.234 e. The number of nitrogens with one attached hydrogen (secondary N) is 2. The third-order valence-corrected chi connectivity index (χ3v) is 3.74. The van der Waals surface area contributed by atoms with Crippen LogP contribution in [0, 0.1) is 18.3 Å². The van der Waals surface area contributed by atoms with E-state index in [1.54, 1.807) is 0 Å². The van der Waals surface area contributed by atoms with Crippen LogP contribution in [0.1, 0.15) is 39.0 Å². The summed E-state index contributed by atoms with van der Waals surface area (Å²) >= 11 is 0. The molecule has 0 bridgehead atoms. The Morgan fingerprint density at radius 1 is 1.50 bits per heavy atom. The van der Waals surface area contributed by atoms with Gasteiger partial charge in [0.05, 0.1) is 18.7 Å². The Kier molecular flexibility index (Phi) is 6.17. The van der Waals surface area contributed by atoms with Gasteiger partial charge in [-0.25, -0.2) is 0 Å². The standard InChI is InChI=1S/C14H24N2O2/c1-3-9-15-10-13(17)16-11-14(18)7-5-12(4-2)6-8-14/h1,12,15,18H,4-11H2,2H3,(H,16,17). The van der Waals surface area contributed by atoms with Crippen molar-refractivity contribution in [2.45, 2.75) is 44.6 Å². The number of carbonyl (C=O) groups is 1. The highest BCUT2D eigenvalue weighted by atomic mass is 16.3. The minimum atomic E-state index is -0.715. The van der Waals surface area contributed by atoms with Gasteiger partial charge in [0.15, 0.2) is 0 Å². The van der Waals surface area contributed by atoms with Crippen LogP contribution in [0.2, 0.25) is 0 Å². The van der Waals surface area contributed by atoms with Crippen molar-refractivity contribution >= 4 is 5.91 Å². The van der Waals surface area contributed by atoms with Crippen LogP contribution in [0.3, 0.4) is 0 Å². The Morgan fingerprint density at radius 3 is 2.72 bits per heavy atom. The first kappa shape index (κ1) is 15.0. The number of carbonyl (C=O) groups excluding carboxylic acids is 1. The molecule has 0 unspecified atom stereocenters. The molecule has 4 nitrogen and oxygen atoms in total. The van der Waals surface area contributed by atoms with Gasteiger partial charge >= 0.3 is 0 Å². The van der Waals surface area contributed by atoms with Gasteiger partial charge in [0.1, 0.15) is 0 Å². The largest absolute Gasteiger partial charge is 0.388 e. The first-order chi connectivity index (χ1) is 8.59. The lowest BCUT2D eigenvalue weighted by Gasteiger charge is -2.35. The minimum Gasteiger partial charge on any atom is -0.388 e. The highest BCUT2D eigenvalue weighted by Gasteiger charge is 2.32. The Balaban J connectivity index is 2.22. The third kappa shape index (κ3) is 5.07. The van der Waals surface area contributed by atoms with Crippen LogP contribution in [-0.2, 0) is 4.79 Å². The molecule has 0 aromatic heterocycles. The molecule has 1 fully saturated rings. The topological polar surface area (TPSA) is 61.4 Å². The summed E-state index contributed by atoms with van der Waals surface area (Å²) in [5.74, 6) is 3.03. The Labute approximate surface area is 110 Å². The van der Waals surface area contributed by atoms with Gasteiger partial charge in [0, 0.05) is 6.54 Å². The zero-order valence-electron chi connectivity index (χ0n) is 11.2. The molecular weight excluding hydrogens is 228 g/mol. The number of hydrogen-bond donors (Lipinski definition) is 3. The van der Waals surface area contributed by atoms with E-state index < -0.39 is 5.60 Å². The fraction of sp³-hybridized carbons (Fsp3) is 0.786. The number of terminal acetylenes is 1. The van der Waals surface area contributed by atoms with Crippen molar-refractivity contribution in [3.63, 3.8) is 0 Å². The normalized spacial score (nSPS) is 27.5. The van der Waals surface area contributed by atoms with Gasteiger partial charge in [-0.3, -0.25) is 10.1 Å². The van der Waals surface area contributed by atoms with Crippen LogP contribution in [0.25, 0.3) is 0 Å². The van der Waals surface area contributed by atoms with Crippen molar-refractivity contribution < 1.29 is 9.90 Å². The van der Waals surface area contributed by atoms with Crippen molar-refractivity contribution in [2.24, 2.45) is 5.92 Å². The van der Waals surface area contributed by atoms with Crippen LogP contribution < -0.4 is 10.6 Å². The SMILES string of the molecule is C#CCNCC(=O)NCC1(O)CCC(CC)CC1. The summed E-state index contributed by atoms with van der Waals surface area (Å²) in [5.41, 5.74) is -0.715. The van der Waals surface area contributed by atoms with Gasteiger partial charge in [-0.2, -0.15) is 0 Å². The highest BCUT2D eigenvalue weighted by molar-refractivity contribution is 5.78. The Bertz CT molecular complexity index is 301. The smallest absolute Gasteiger partial charge is 0.234 e. The highest BCUT2D eigenvalue weighted by Crippen LogP contribution is 2.33. The van der Waals surface area contributed by atoms with Gasteiger partial charge in [0.25, 0.3) is 0 Å². The molecule has 0 aliphatic heterocycles. The zero-order valence-corrected chi connectivity index (χ0v) is 11.2. The van der Waals surface area contributed by atoms with Gasteiger partial charge < -0.3 is 10.4 Å². The summed E-state index contributed by atoms with van der Waals surface area (Å²) in [5, 5.41) is 15.9. The lowest BCUT2D eigenvalue weighted by atomic mass is 9.78. The summed E-state index contributed by atoms with van der Waals surface area (Å²) in [6.45, 7) is 3.13. The van der Waals surface area contributed by atoms with E-state index in [4.69, 9.17) is 6.42 Å². The molecule has 3 N–H and O–H groups in total. The van der Waals surface area contributed by atoms with E-state index in [-0.39, 0.29) is 12.5 Å². The van der Waals surface area contributed by atoms with Crippen LogP contribution in [-0.4, -0.2) is 36.2 Å². The average molecular weight is 252 g/mol. The first-order valence-corrected chi connectivity index (χ1v) is 6.73. The molecule has 0 aromatic rings. The number of amides is 1. The van der Waals surface area contributed by atoms with Gasteiger partial charge in [-0.15, -0.1) is 6.42 Å². The molecule has 0 heterocycles. The fourth-order valence-corrected chi connectivity index (χ4v) is 2.37. The Hall–Kier alpha value is -1.05. The summed E-state index contributed by atoms with van der Waals surface area (Å²) in [7, 11) is 0. The molecule has 1 aliphatic carbocycles. The maximum atomic E-state index is 11.5. The predicted octanol–water partition coefficient (Wildman–Crippen LogP) is 0.657. The second-order valence-corrected chi connectivity index (χ2v) is 5.16. The summed E-state index contributed by atoms with van der Waals surface area (Å²) in [4.78, 5) is 11.5. The van der Waals surface area contributed by atoms with Crippen molar-refractivity contribution in [2.75, 3.05) is 19.6 Å².